The summed E-state index contributed by atoms with van der Waals surface area (Å²) >= 11 is 8.64. The van der Waals surface area contributed by atoms with Crippen LogP contribution in [0.2, 0.25) is 0 Å². The molecule has 0 spiro atoms. The van der Waals surface area contributed by atoms with Crippen molar-refractivity contribution in [1.82, 2.24) is 9.62 Å². The quantitative estimate of drug-likeness (QED) is 0.378. The van der Waals surface area contributed by atoms with Crippen LogP contribution in [0.3, 0.4) is 0 Å². The molecule has 33 heavy (non-hydrogen) atoms. The third kappa shape index (κ3) is 6.97. The van der Waals surface area contributed by atoms with Crippen LogP contribution in [0.4, 0.5) is 5.69 Å². The maximum absolute atomic E-state index is 12.8. The zero-order valence-corrected chi connectivity index (χ0v) is 21.4. The standard InChI is InChI=1S/C22H26BrN3O5S2/c1-2-3-12-31-20-9-4-16(23)15-19(20)21(27)25-22(32)24-17-5-7-18(8-6-17)33(28,29)26-10-13-30-14-11-26/h4-9,15H,2-3,10-14H2,1H3,(H2,24,25,27,32). The molecule has 0 radical (unpaired) electrons. The van der Waals surface area contributed by atoms with Gasteiger partial charge in [0.1, 0.15) is 5.75 Å². The molecule has 0 aliphatic carbocycles. The Hall–Kier alpha value is -2.05. The van der Waals surface area contributed by atoms with Gasteiger partial charge in [-0.3, -0.25) is 10.1 Å². The number of unbranched alkanes of at least 4 members (excludes halogenated alkanes) is 1. The molecule has 0 saturated carbocycles. The number of halogens is 1. The summed E-state index contributed by atoms with van der Waals surface area (Å²) in [4.78, 5) is 13.0. The lowest BCUT2D eigenvalue weighted by atomic mass is 10.2. The first-order chi connectivity index (χ1) is 15.8. The van der Waals surface area contributed by atoms with Crippen LogP contribution < -0.4 is 15.4 Å². The molecule has 1 aliphatic heterocycles. The van der Waals surface area contributed by atoms with Gasteiger partial charge < -0.3 is 14.8 Å². The maximum atomic E-state index is 12.8. The maximum Gasteiger partial charge on any atom is 0.261 e. The topological polar surface area (TPSA) is 97.0 Å². The van der Waals surface area contributed by atoms with Crippen molar-refractivity contribution in [2.75, 3.05) is 38.2 Å². The Kier molecular flexibility index (Phi) is 9.21. The van der Waals surface area contributed by atoms with E-state index < -0.39 is 15.9 Å². The highest BCUT2D eigenvalue weighted by molar-refractivity contribution is 9.10. The summed E-state index contributed by atoms with van der Waals surface area (Å²) in [5, 5.41) is 5.63. The Labute approximate surface area is 207 Å². The number of rotatable bonds is 8. The first-order valence-corrected chi connectivity index (χ1v) is 13.2. The van der Waals surface area contributed by atoms with Crippen molar-refractivity contribution in [3.8, 4) is 5.75 Å². The van der Waals surface area contributed by atoms with Gasteiger partial charge in [0.05, 0.1) is 30.3 Å². The molecule has 0 aromatic heterocycles. The first kappa shape index (κ1) is 25.6. The lowest BCUT2D eigenvalue weighted by Gasteiger charge is -2.26. The molecule has 3 rings (SSSR count). The number of sulfonamides is 1. The van der Waals surface area contributed by atoms with Crippen molar-refractivity contribution in [1.29, 1.82) is 0 Å². The van der Waals surface area contributed by atoms with Crippen molar-refractivity contribution >= 4 is 54.9 Å². The van der Waals surface area contributed by atoms with Crippen molar-refractivity contribution in [2.45, 2.75) is 24.7 Å². The monoisotopic (exact) mass is 555 g/mol. The fourth-order valence-electron chi connectivity index (χ4n) is 3.11. The van der Waals surface area contributed by atoms with Gasteiger partial charge in [0, 0.05) is 23.2 Å². The van der Waals surface area contributed by atoms with E-state index in [-0.39, 0.29) is 10.0 Å². The summed E-state index contributed by atoms with van der Waals surface area (Å²) in [6.07, 6.45) is 1.87. The van der Waals surface area contributed by atoms with Gasteiger partial charge in [-0.25, -0.2) is 8.42 Å². The smallest absolute Gasteiger partial charge is 0.261 e. The van der Waals surface area contributed by atoms with Crippen LogP contribution in [0, 0.1) is 0 Å². The van der Waals surface area contributed by atoms with Gasteiger partial charge in [0.25, 0.3) is 5.91 Å². The van der Waals surface area contributed by atoms with Crippen molar-refractivity contribution < 1.29 is 22.7 Å². The molecule has 1 heterocycles. The zero-order chi connectivity index (χ0) is 23.8. The van der Waals surface area contributed by atoms with E-state index in [0.29, 0.717) is 49.9 Å². The Bertz CT molecular complexity index is 1090. The highest BCUT2D eigenvalue weighted by Crippen LogP contribution is 2.24. The summed E-state index contributed by atoms with van der Waals surface area (Å²) in [6, 6.07) is 11.4. The van der Waals surface area contributed by atoms with Crippen molar-refractivity contribution in [3.05, 3.63) is 52.5 Å². The highest BCUT2D eigenvalue weighted by atomic mass is 79.9. The minimum atomic E-state index is -3.58. The summed E-state index contributed by atoms with van der Waals surface area (Å²) < 4.78 is 38.6. The number of morpholine rings is 1. The molecule has 1 saturated heterocycles. The number of carbonyl (C=O) groups is 1. The molecule has 0 atom stereocenters. The van der Waals surface area contributed by atoms with Crippen LogP contribution in [0.25, 0.3) is 0 Å². The molecule has 0 unspecified atom stereocenters. The molecular weight excluding hydrogens is 530 g/mol. The van der Waals surface area contributed by atoms with Crippen LogP contribution in [0.15, 0.2) is 51.8 Å². The lowest BCUT2D eigenvalue weighted by molar-refractivity contribution is 0.0730. The SMILES string of the molecule is CCCCOc1ccc(Br)cc1C(=O)NC(=S)Nc1ccc(S(=O)(=O)N2CCOCC2)cc1. The van der Waals surface area contributed by atoms with Gasteiger partial charge in [-0.2, -0.15) is 4.31 Å². The molecule has 8 nitrogen and oxygen atoms in total. The van der Waals surface area contributed by atoms with Gasteiger partial charge in [0.15, 0.2) is 5.11 Å². The van der Waals surface area contributed by atoms with E-state index in [2.05, 4.69) is 33.5 Å². The largest absolute Gasteiger partial charge is 0.493 e. The van der Waals surface area contributed by atoms with Gasteiger partial charge in [-0.15, -0.1) is 0 Å². The van der Waals surface area contributed by atoms with E-state index in [0.717, 1.165) is 17.3 Å². The Morgan fingerprint density at radius 3 is 2.55 bits per heavy atom. The minimum Gasteiger partial charge on any atom is -0.493 e. The normalized spacial score (nSPS) is 14.5. The highest BCUT2D eigenvalue weighted by Gasteiger charge is 2.26. The lowest BCUT2D eigenvalue weighted by Crippen LogP contribution is -2.40. The van der Waals surface area contributed by atoms with E-state index in [9.17, 15) is 13.2 Å². The number of nitrogens with zero attached hydrogens (tertiary/aromatic N) is 1. The number of amides is 1. The molecule has 1 aliphatic rings. The Morgan fingerprint density at radius 2 is 1.88 bits per heavy atom. The fraction of sp³-hybridized carbons (Fsp3) is 0.364. The van der Waals surface area contributed by atoms with Gasteiger partial charge in [0.2, 0.25) is 10.0 Å². The number of anilines is 1. The Morgan fingerprint density at radius 1 is 1.18 bits per heavy atom. The first-order valence-electron chi connectivity index (χ1n) is 10.5. The van der Waals surface area contributed by atoms with E-state index in [1.165, 1.54) is 16.4 Å². The van der Waals surface area contributed by atoms with Gasteiger partial charge in [-0.1, -0.05) is 29.3 Å². The van der Waals surface area contributed by atoms with E-state index in [1.54, 1.807) is 30.3 Å². The molecule has 11 heteroatoms. The molecule has 0 bridgehead atoms. The molecule has 2 aromatic rings. The number of ether oxygens (including phenoxy) is 2. The van der Waals surface area contributed by atoms with E-state index in [1.807, 2.05) is 0 Å². The summed E-state index contributed by atoms with van der Waals surface area (Å²) in [5.74, 6) is 0.0661. The number of thiocarbonyl (C=S) groups is 1. The number of hydrogen-bond donors (Lipinski definition) is 2. The second-order valence-corrected chi connectivity index (χ2v) is 10.6. The summed E-state index contributed by atoms with van der Waals surface area (Å²) in [5.41, 5.74) is 0.909. The summed E-state index contributed by atoms with van der Waals surface area (Å²) in [6.45, 7) is 4.01. The molecule has 2 aromatic carbocycles. The van der Waals surface area contributed by atoms with E-state index in [4.69, 9.17) is 21.7 Å². The predicted octanol–water partition coefficient (Wildman–Crippen LogP) is 3.78. The average molecular weight is 557 g/mol. The molecule has 1 fully saturated rings. The van der Waals surface area contributed by atoms with Crippen LogP contribution >= 0.6 is 28.1 Å². The second-order valence-electron chi connectivity index (χ2n) is 7.29. The molecule has 2 N–H and O–H groups in total. The van der Waals surface area contributed by atoms with E-state index >= 15 is 0 Å². The predicted molar refractivity (Wildman–Crippen MR) is 134 cm³/mol. The fourth-order valence-corrected chi connectivity index (χ4v) is 5.09. The second kappa shape index (κ2) is 11.9. The average Bonchev–Trinajstić information content (AvgIpc) is 2.81. The van der Waals surface area contributed by atoms with Crippen molar-refractivity contribution in [3.63, 3.8) is 0 Å². The zero-order valence-electron chi connectivity index (χ0n) is 18.2. The van der Waals surface area contributed by atoms with Crippen molar-refractivity contribution in [2.24, 2.45) is 0 Å². The Balaban J connectivity index is 1.63. The minimum absolute atomic E-state index is 0.0864. The number of benzene rings is 2. The summed E-state index contributed by atoms with van der Waals surface area (Å²) in [7, 11) is -3.58. The van der Waals surface area contributed by atoms with Gasteiger partial charge >= 0.3 is 0 Å². The van der Waals surface area contributed by atoms with Crippen LogP contribution in [0.1, 0.15) is 30.1 Å². The third-order valence-electron chi connectivity index (χ3n) is 4.89. The third-order valence-corrected chi connectivity index (χ3v) is 7.50. The van der Waals surface area contributed by atoms with Crippen LogP contribution in [-0.2, 0) is 14.8 Å². The number of hydrogen-bond acceptors (Lipinski definition) is 6. The van der Waals surface area contributed by atoms with Crippen LogP contribution in [0.5, 0.6) is 5.75 Å². The molecular formula is C22H26BrN3O5S2. The molecule has 1 amide bonds. The number of nitrogens with one attached hydrogen (secondary N) is 2. The molecule has 178 valence electrons. The van der Waals surface area contributed by atoms with Crippen LogP contribution in [-0.4, -0.2) is 56.7 Å². The van der Waals surface area contributed by atoms with Gasteiger partial charge in [-0.05, 0) is 61.1 Å². The number of carbonyl (C=O) groups excluding carboxylic acids is 1.